The van der Waals surface area contributed by atoms with Crippen molar-refractivity contribution in [2.45, 2.75) is 24.4 Å². The molecular weight excluding hydrogens is 316 g/mol. The summed E-state index contributed by atoms with van der Waals surface area (Å²) in [5, 5.41) is 5.78. The van der Waals surface area contributed by atoms with Crippen LogP contribution in [0.3, 0.4) is 0 Å². The van der Waals surface area contributed by atoms with Crippen molar-refractivity contribution in [3.63, 3.8) is 0 Å². The molecule has 1 fully saturated rings. The molecule has 0 saturated carbocycles. The number of aromatic nitrogens is 2. The van der Waals surface area contributed by atoms with Gasteiger partial charge in [0.05, 0.1) is 12.3 Å². The summed E-state index contributed by atoms with van der Waals surface area (Å²) in [5.41, 5.74) is 0. The summed E-state index contributed by atoms with van der Waals surface area (Å²) in [6.07, 6.45) is 4.02. The Labute approximate surface area is 138 Å². The van der Waals surface area contributed by atoms with Gasteiger partial charge in [0.2, 0.25) is 5.91 Å². The third kappa shape index (κ3) is 4.20. The summed E-state index contributed by atoms with van der Waals surface area (Å²) in [6, 6.07) is 5.98. The average Bonchev–Trinajstić information content (AvgIpc) is 3.24. The molecule has 3 heterocycles. The monoisotopic (exact) mass is 334 g/mol. The van der Waals surface area contributed by atoms with E-state index in [1.807, 2.05) is 23.6 Å². The van der Waals surface area contributed by atoms with Gasteiger partial charge in [0.15, 0.2) is 0 Å². The van der Waals surface area contributed by atoms with Crippen LogP contribution in [0, 0.1) is 0 Å². The topological polar surface area (TPSA) is 58.1 Å². The van der Waals surface area contributed by atoms with Crippen molar-refractivity contribution in [2.24, 2.45) is 0 Å². The van der Waals surface area contributed by atoms with Gasteiger partial charge >= 0.3 is 0 Å². The maximum atomic E-state index is 11.9. The molecule has 0 aromatic carbocycles. The summed E-state index contributed by atoms with van der Waals surface area (Å²) in [7, 11) is 0. The second-order valence-electron chi connectivity index (χ2n) is 5.05. The fourth-order valence-corrected chi connectivity index (χ4v) is 3.65. The van der Waals surface area contributed by atoms with E-state index in [1.165, 1.54) is 24.6 Å². The number of thiophene rings is 1. The van der Waals surface area contributed by atoms with Crippen LogP contribution in [0.1, 0.15) is 17.7 Å². The Morgan fingerprint density at radius 1 is 1.36 bits per heavy atom. The van der Waals surface area contributed by atoms with E-state index in [0.29, 0.717) is 12.3 Å². The third-order valence-corrected chi connectivity index (χ3v) is 5.25. The summed E-state index contributed by atoms with van der Waals surface area (Å²) < 4.78 is 0. The number of rotatable bonds is 6. The molecule has 0 atom stereocenters. The summed E-state index contributed by atoms with van der Waals surface area (Å²) in [6.45, 7) is 2.71. The Kier molecular flexibility index (Phi) is 5.29. The minimum absolute atomic E-state index is 0.0275. The van der Waals surface area contributed by atoms with Crippen molar-refractivity contribution >= 4 is 34.8 Å². The minimum Gasteiger partial charge on any atom is -0.356 e. The lowest BCUT2D eigenvalue weighted by Gasteiger charge is -2.16. The van der Waals surface area contributed by atoms with Gasteiger partial charge in [-0.05, 0) is 24.3 Å². The van der Waals surface area contributed by atoms with Crippen molar-refractivity contribution in [2.75, 3.05) is 23.7 Å². The maximum Gasteiger partial charge on any atom is 0.230 e. The zero-order valence-electron chi connectivity index (χ0n) is 12.2. The Morgan fingerprint density at radius 3 is 3.00 bits per heavy atom. The van der Waals surface area contributed by atoms with E-state index in [2.05, 4.69) is 20.2 Å². The number of nitrogens with one attached hydrogen (secondary N) is 1. The third-order valence-electron chi connectivity index (χ3n) is 3.45. The van der Waals surface area contributed by atoms with Crippen LogP contribution < -0.4 is 10.2 Å². The van der Waals surface area contributed by atoms with E-state index in [4.69, 9.17) is 0 Å². The van der Waals surface area contributed by atoms with E-state index in [0.717, 1.165) is 28.8 Å². The molecule has 0 radical (unpaired) electrons. The smallest absolute Gasteiger partial charge is 0.230 e. The molecule has 1 amide bonds. The van der Waals surface area contributed by atoms with Gasteiger partial charge in [-0.2, -0.15) is 0 Å². The molecule has 5 nitrogen and oxygen atoms in total. The van der Waals surface area contributed by atoms with Crippen LogP contribution >= 0.6 is 23.1 Å². The van der Waals surface area contributed by atoms with Gasteiger partial charge in [-0.1, -0.05) is 17.8 Å². The van der Waals surface area contributed by atoms with E-state index >= 15 is 0 Å². The minimum atomic E-state index is 0.0275. The predicted octanol–water partition coefficient (Wildman–Crippen LogP) is 2.55. The largest absolute Gasteiger partial charge is 0.356 e. The van der Waals surface area contributed by atoms with Crippen LogP contribution in [-0.2, 0) is 11.3 Å². The van der Waals surface area contributed by atoms with Crippen LogP contribution in [0.5, 0.6) is 0 Å². The summed E-state index contributed by atoms with van der Waals surface area (Å²) in [4.78, 5) is 23.9. The van der Waals surface area contributed by atoms with Crippen molar-refractivity contribution in [1.29, 1.82) is 0 Å². The number of thioether (sulfide) groups is 1. The SMILES string of the molecule is O=C(CSc1cc(N2CCCC2)ncn1)NCc1cccs1. The summed E-state index contributed by atoms with van der Waals surface area (Å²) >= 11 is 3.10. The van der Waals surface area contributed by atoms with Gasteiger partial charge in [-0.15, -0.1) is 11.3 Å². The fraction of sp³-hybridized carbons (Fsp3) is 0.400. The molecule has 7 heteroatoms. The molecule has 1 N–H and O–H groups in total. The molecule has 22 heavy (non-hydrogen) atoms. The predicted molar refractivity (Wildman–Crippen MR) is 90.4 cm³/mol. The van der Waals surface area contributed by atoms with Crippen molar-refractivity contribution in [3.8, 4) is 0 Å². The number of hydrogen-bond donors (Lipinski definition) is 1. The number of carbonyl (C=O) groups excluding carboxylic acids is 1. The zero-order chi connectivity index (χ0) is 15.2. The van der Waals surface area contributed by atoms with Crippen LogP contribution in [0.15, 0.2) is 34.9 Å². The fourth-order valence-electron chi connectivity index (χ4n) is 2.32. The molecule has 0 unspecified atom stereocenters. The van der Waals surface area contributed by atoms with E-state index in [1.54, 1.807) is 17.7 Å². The van der Waals surface area contributed by atoms with E-state index in [9.17, 15) is 4.79 Å². The average molecular weight is 334 g/mol. The van der Waals surface area contributed by atoms with Gasteiger partial charge in [-0.3, -0.25) is 4.79 Å². The molecule has 0 spiro atoms. The van der Waals surface area contributed by atoms with Crippen molar-refractivity contribution < 1.29 is 4.79 Å². The summed E-state index contributed by atoms with van der Waals surface area (Å²) in [5.74, 6) is 1.37. The van der Waals surface area contributed by atoms with Gasteiger partial charge in [-0.25, -0.2) is 9.97 Å². The number of anilines is 1. The number of nitrogens with zero attached hydrogens (tertiary/aromatic N) is 3. The van der Waals surface area contributed by atoms with Crippen molar-refractivity contribution in [3.05, 3.63) is 34.8 Å². The highest BCUT2D eigenvalue weighted by atomic mass is 32.2. The molecule has 0 aliphatic carbocycles. The standard InChI is InChI=1S/C15H18N4OS2/c20-14(16-9-12-4-3-7-21-12)10-22-15-8-13(17-11-18-15)19-5-1-2-6-19/h3-4,7-8,11H,1-2,5-6,9-10H2,(H,16,20). The lowest BCUT2D eigenvalue weighted by atomic mass is 10.4. The molecule has 1 aliphatic heterocycles. The molecule has 0 bridgehead atoms. The van der Waals surface area contributed by atoms with Crippen molar-refractivity contribution in [1.82, 2.24) is 15.3 Å². The lowest BCUT2D eigenvalue weighted by molar-refractivity contribution is -0.118. The van der Waals surface area contributed by atoms with Crippen LogP contribution in [0.2, 0.25) is 0 Å². The Hall–Kier alpha value is -1.60. The van der Waals surface area contributed by atoms with Crippen LogP contribution in [0.4, 0.5) is 5.82 Å². The molecule has 116 valence electrons. The normalized spacial score (nSPS) is 14.3. The highest BCUT2D eigenvalue weighted by Crippen LogP contribution is 2.22. The highest BCUT2D eigenvalue weighted by Gasteiger charge is 2.14. The second-order valence-corrected chi connectivity index (χ2v) is 7.08. The van der Waals surface area contributed by atoms with Crippen LogP contribution in [0.25, 0.3) is 0 Å². The molecule has 2 aromatic rings. The highest BCUT2D eigenvalue weighted by molar-refractivity contribution is 7.99. The number of carbonyl (C=O) groups is 1. The molecule has 2 aromatic heterocycles. The molecule has 1 aliphatic rings. The van der Waals surface area contributed by atoms with E-state index < -0.39 is 0 Å². The van der Waals surface area contributed by atoms with Gasteiger partial charge < -0.3 is 10.2 Å². The van der Waals surface area contributed by atoms with E-state index in [-0.39, 0.29) is 5.91 Å². The quantitative estimate of drug-likeness (QED) is 0.650. The van der Waals surface area contributed by atoms with Gasteiger partial charge in [0, 0.05) is 24.0 Å². The Balaban J connectivity index is 1.48. The first-order valence-electron chi connectivity index (χ1n) is 7.30. The first-order chi connectivity index (χ1) is 10.8. The first-order valence-corrected chi connectivity index (χ1v) is 9.17. The molecule has 1 saturated heterocycles. The number of hydrogen-bond acceptors (Lipinski definition) is 6. The second kappa shape index (κ2) is 7.60. The van der Waals surface area contributed by atoms with Crippen LogP contribution in [-0.4, -0.2) is 34.7 Å². The molecule has 3 rings (SSSR count). The number of amides is 1. The Bertz CT molecular complexity index is 612. The molecular formula is C15H18N4OS2. The van der Waals surface area contributed by atoms with Gasteiger partial charge in [0.25, 0.3) is 0 Å². The first kappa shape index (κ1) is 15.3. The maximum absolute atomic E-state index is 11.9. The lowest BCUT2D eigenvalue weighted by Crippen LogP contribution is -2.24. The Morgan fingerprint density at radius 2 is 2.23 bits per heavy atom. The zero-order valence-corrected chi connectivity index (χ0v) is 13.8. The van der Waals surface area contributed by atoms with Gasteiger partial charge in [0.1, 0.15) is 17.2 Å².